The summed E-state index contributed by atoms with van der Waals surface area (Å²) in [5.74, 6) is -3.45. The third kappa shape index (κ3) is 5.10. The molecular formula is C21H19NO5. The fourth-order valence-electron chi connectivity index (χ4n) is 2.77. The second kappa shape index (κ2) is 7.95. The van der Waals surface area contributed by atoms with Crippen LogP contribution in [0.3, 0.4) is 0 Å². The molecule has 1 fully saturated rings. The third-order valence-corrected chi connectivity index (χ3v) is 4.34. The van der Waals surface area contributed by atoms with E-state index in [0.717, 1.165) is 24.0 Å². The average Bonchev–Trinajstić information content (AvgIpc) is 3.47. The Hall–Kier alpha value is -3.28. The quantitative estimate of drug-likeness (QED) is 0.426. The molecule has 0 bridgehead atoms. The van der Waals surface area contributed by atoms with Crippen molar-refractivity contribution in [2.24, 2.45) is 5.92 Å². The molecule has 1 saturated carbocycles. The minimum absolute atomic E-state index is 0.00974. The Morgan fingerprint density at radius 1 is 0.963 bits per heavy atom. The van der Waals surface area contributed by atoms with Crippen LogP contribution in [0.5, 0.6) is 0 Å². The minimum atomic E-state index is -1.63. The Labute approximate surface area is 156 Å². The molecule has 1 aliphatic carbocycles. The Morgan fingerprint density at radius 3 is 2.30 bits per heavy atom. The van der Waals surface area contributed by atoms with Crippen molar-refractivity contribution in [2.45, 2.75) is 25.7 Å². The summed E-state index contributed by atoms with van der Waals surface area (Å²) in [7, 11) is 0. The van der Waals surface area contributed by atoms with Crippen molar-refractivity contribution < 1.29 is 24.3 Å². The maximum atomic E-state index is 12.4. The predicted molar refractivity (Wildman–Crippen MR) is 98.6 cm³/mol. The molecule has 0 atom stereocenters. The van der Waals surface area contributed by atoms with Crippen LogP contribution in [0.4, 0.5) is 5.69 Å². The van der Waals surface area contributed by atoms with Gasteiger partial charge in [-0.15, -0.1) is 0 Å². The Kier molecular flexibility index (Phi) is 5.45. The first kappa shape index (κ1) is 18.5. The Balaban J connectivity index is 1.87. The number of carboxylic acid groups (broad SMARTS) is 1. The van der Waals surface area contributed by atoms with Crippen molar-refractivity contribution in [3.05, 3.63) is 65.2 Å². The van der Waals surface area contributed by atoms with E-state index in [9.17, 15) is 19.2 Å². The molecule has 0 heterocycles. The van der Waals surface area contributed by atoms with Crippen LogP contribution in [0.2, 0.25) is 0 Å². The highest BCUT2D eigenvalue weighted by Gasteiger charge is 2.29. The summed E-state index contributed by atoms with van der Waals surface area (Å²) >= 11 is 0. The van der Waals surface area contributed by atoms with Gasteiger partial charge in [0.1, 0.15) is 0 Å². The zero-order valence-corrected chi connectivity index (χ0v) is 14.6. The fraction of sp³-hybridized carbons (Fsp3) is 0.238. The number of carboxylic acids is 1. The largest absolute Gasteiger partial charge is 0.475 e. The summed E-state index contributed by atoms with van der Waals surface area (Å²) in [6.45, 7) is 0. The van der Waals surface area contributed by atoms with Crippen molar-refractivity contribution >= 4 is 29.1 Å². The summed E-state index contributed by atoms with van der Waals surface area (Å²) in [5, 5.41) is 11.5. The van der Waals surface area contributed by atoms with E-state index < -0.39 is 24.0 Å². The van der Waals surface area contributed by atoms with Crippen LogP contribution in [0.25, 0.3) is 0 Å². The molecule has 1 aliphatic rings. The van der Waals surface area contributed by atoms with Crippen molar-refractivity contribution in [2.75, 3.05) is 5.32 Å². The van der Waals surface area contributed by atoms with Crippen LogP contribution in [0, 0.1) is 5.92 Å². The normalized spacial score (nSPS) is 13.0. The van der Waals surface area contributed by atoms with E-state index in [1.54, 1.807) is 12.1 Å². The number of nitrogens with one attached hydrogen (secondary N) is 1. The van der Waals surface area contributed by atoms with Gasteiger partial charge in [0.15, 0.2) is 5.78 Å². The standard InChI is InChI=1S/C21H19NO5/c23-18(12-19(24)21(26)27)16-9-14(8-13-4-2-1-3-5-13)10-17(11-16)22-20(25)15-6-7-15/h1-5,9-11,15H,6-8,12H2,(H,22,25)(H,26,27). The summed E-state index contributed by atoms with van der Waals surface area (Å²) in [5.41, 5.74) is 2.51. The second-order valence-electron chi connectivity index (χ2n) is 6.67. The molecule has 0 saturated heterocycles. The van der Waals surface area contributed by atoms with E-state index in [1.807, 2.05) is 30.3 Å². The van der Waals surface area contributed by atoms with Gasteiger partial charge in [-0.2, -0.15) is 0 Å². The third-order valence-electron chi connectivity index (χ3n) is 4.34. The number of carbonyl (C=O) groups excluding carboxylic acids is 3. The monoisotopic (exact) mass is 365 g/mol. The number of anilines is 1. The van der Waals surface area contributed by atoms with Gasteiger partial charge in [0, 0.05) is 17.2 Å². The number of carbonyl (C=O) groups is 4. The van der Waals surface area contributed by atoms with Crippen molar-refractivity contribution in [1.82, 2.24) is 0 Å². The van der Waals surface area contributed by atoms with Gasteiger partial charge in [-0.1, -0.05) is 30.3 Å². The summed E-state index contributed by atoms with van der Waals surface area (Å²) in [6, 6.07) is 14.5. The number of ketones is 2. The molecule has 2 aromatic rings. The first-order chi connectivity index (χ1) is 12.9. The van der Waals surface area contributed by atoms with Crippen LogP contribution in [0.15, 0.2) is 48.5 Å². The lowest BCUT2D eigenvalue weighted by atomic mass is 9.98. The number of aliphatic carboxylic acids is 1. The molecular weight excluding hydrogens is 346 g/mol. The number of amides is 1. The Bertz CT molecular complexity index is 900. The lowest BCUT2D eigenvalue weighted by molar-refractivity contribution is -0.148. The van der Waals surface area contributed by atoms with E-state index in [0.29, 0.717) is 12.1 Å². The van der Waals surface area contributed by atoms with Crippen LogP contribution in [-0.2, 0) is 20.8 Å². The first-order valence-corrected chi connectivity index (χ1v) is 8.70. The summed E-state index contributed by atoms with van der Waals surface area (Å²) in [6.07, 6.45) is 1.55. The Morgan fingerprint density at radius 2 is 1.67 bits per heavy atom. The molecule has 0 spiro atoms. The van der Waals surface area contributed by atoms with Gasteiger partial charge in [0.25, 0.3) is 0 Å². The molecule has 0 aromatic heterocycles. The van der Waals surface area contributed by atoms with Crippen molar-refractivity contribution in [3.63, 3.8) is 0 Å². The highest BCUT2D eigenvalue weighted by Crippen LogP contribution is 2.30. The van der Waals surface area contributed by atoms with Crippen LogP contribution in [-0.4, -0.2) is 28.5 Å². The van der Waals surface area contributed by atoms with Crippen molar-refractivity contribution in [1.29, 1.82) is 0 Å². The SMILES string of the molecule is O=C(O)C(=O)CC(=O)c1cc(Cc2ccccc2)cc(NC(=O)C2CC2)c1. The molecule has 27 heavy (non-hydrogen) atoms. The molecule has 2 N–H and O–H groups in total. The molecule has 0 unspecified atom stereocenters. The lowest BCUT2D eigenvalue weighted by Crippen LogP contribution is -2.18. The summed E-state index contributed by atoms with van der Waals surface area (Å²) in [4.78, 5) is 46.5. The van der Waals surface area contributed by atoms with Gasteiger partial charge in [-0.3, -0.25) is 14.4 Å². The van der Waals surface area contributed by atoms with Gasteiger partial charge in [0.05, 0.1) is 6.42 Å². The van der Waals surface area contributed by atoms with Crippen molar-refractivity contribution in [3.8, 4) is 0 Å². The predicted octanol–water partition coefficient (Wildman–Crippen LogP) is 2.85. The lowest BCUT2D eigenvalue weighted by Gasteiger charge is -2.11. The molecule has 3 rings (SSSR count). The fourth-order valence-corrected chi connectivity index (χ4v) is 2.77. The maximum absolute atomic E-state index is 12.4. The molecule has 6 nitrogen and oxygen atoms in total. The van der Waals surface area contributed by atoms with Crippen LogP contribution >= 0.6 is 0 Å². The number of hydrogen-bond donors (Lipinski definition) is 2. The number of benzene rings is 2. The average molecular weight is 365 g/mol. The number of rotatable bonds is 8. The maximum Gasteiger partial charge on any atom is 0.372 e. The van der Waals surface area contributed by atoms with Gasteiger partial charge < -0.3 is 10.4 Å². The van der Waals surface area contributed by atoms with E-state index in [2.05, 4.69) is 5.32 Å². The smallest absolute Gasteiger partial charge is 0.372 e. The topological polar surface area (TPSA) is 101 Å². The second-order valence-corrected chi connectivity index (χ2v) is 6.67. The van der Waals surface area contributed by atoms with Crippen LogP contribution < -0.4 is 5.32 Å². The van der Waals surface area contributed by atoms with E-state index in [-0.39, 0.29) is 17.4 Å². The van der Waals surface area contributed by atoms with Gasteiger partial charge in [-0.25, -0.2) is 4.79 Å². The number of Topliss-reactive ketones (excluding diaryl/α,β-unsaturated/α-hetero) is 2. The highest BCUT2D eigenvalue weighted by molar-refractivity contribution is 6.37. The van der Waals surface area contributed by atoms with Crippen LogP contribution in [0.1, 0.15) is 40.7 Å². The molecule has 0 aliphatic heterocycles. The van der Waals surface area contributed by atoms with Gasteiger partial charge in [0.2, 0.25) is 11.7 Å². The first-order valence-electron chi connectivity index (χ1n) is 8.70. The zero-order valence-electron chi connectivity index (χ0n) is 14.6. The molecule has 1 amide bonds. The minimum Gasteiger partial charge on any atom is -0.475 e. The van der Waals surface area contributed by atoms with E-state index in [4.69, 9.17) is 5.11 Å². The molecule has 2 aromatic carbocycles. The highest BCUT2D eigenvalue weighted by atomic mass is 16.4. The summed E-state index contributed by atoms with van der Waals surface area (Å²) < 4.78 is 0. The zero-order chi connectivity index (χ0) is 19.4. The van der Waals surface area contributed by atoms with E-state index >= 15 is 0 Å². The van der Waals surface area contributed by atoms with Gasteiger partial charge in [-0.05, 0) is 48.6 Å². The molecule has 6 heteroatoms. The molecule has 138 valence electrons. The molecule has 0 radical (unpaired) electrons. The van der Waals surface area contributed by atoms with Gasteiger partial charge >= 0.3 is 5.97 Å². The number of hydrogen-bond acceptors (Lipinski definition) is 4. The van der Waals surface area contributed by atoms with E-state index in [1.165, 1.54) is 6.07 Å².